The molecule has 2 aromatic rings. The van der Waals surface area contributed by atoms with Crippen LogP contribution in [0.15, 0.2) is 28.2 Å². The molecule has 0 amide bonds. The Hall–Kier alpha value is -1.17. The predicted molar refractivity (Wildman–Crippen MR) is 77.2 cm³/mol. The normalized spacial score (nSPS) is 20.8. The topological polar surface area (TPSA) is 41.3 Å². The Morgan fingerprint density at radius 3 is 3.32 bits per heavy atom. The van der Waals surface area contributed by atoms with E-state index in [1.54, 1.807) is 17.6 Å². The summed E-state index contributed by atoms with van der Waals surface area (Å²) in [5.41, 5.74) is 1.03. The second kappa shape index (κ2) is 5.86. The lowest BCUT2D eigenvalue weighted by molar-refractivity contribution is 0.186. The Labute approximate surface area is 117 Å². The van der Waals surface area contributed by atoms with E-state index in [0.717, 1.165) is 36.1 Å². The number of piperidine rings is 1. The van der Waals surface area contributed by atoms with Crippen molar-refractivity contribution in [1.29, 1.82) is 0 Å². The monoisotopic (exact) mass is 277 g/mol. The summed E-state index contributed by atoms with van der Waals surface area (Å²) in [6.07, 6.45) is 4.31. The maximum Gasteiger partial charge on any atom is 0.236 e. The smallest absolute Gasteiger partial charge is 0.236 e. The summed E-state index contributed by atoms with van der Waals surface area (Å²) < 4.78 is 5.56. The van der Waals surface area contributed by atoms with Gasteiger partial charge in [-0.15, -0.1) is 11.3 Å². The quantitative estimate of drug-likeness (QED) is 0.932. The fraction of sp³-hybridized carbons (Fsp3) is 0.500. The minimum Gasteiger partial charge on any atom is -0.444 e. The number of nitrogens with zero attached hydrogens (tertiary/aromatic N) is 2. The van der Waals surface area contributed by atoms with E-state index < -0.39 is 0 Å². The first-order valence-corrected chi connectivity index (χ1v) is 7.61. The van der Waals surface area contributed by atoms with Gasteiger partial charge in [-0.25, -0.2) is 4.98 Å². The first kappa shape index (κ1) is 12.8. The number of hydrogen-bond donors (Lipinski definition) is 1. The maximum absolute atomic E-state index is 5.56. The molecular formula is C14H19N3OS. The SMILES string of the molecule is CNC1CCCN(Cc2coc(-c3cccs3)n2)C1. The molecule has 1 fully saturated rings. The van der Waals surface area contributed by atoms with Crippen LogP contribution in [-0.2, 0) is 6.54 Å². The molecule has 3 heterocycles. The van der Waals surface area contributed by atoms with Gasteiger partial charge in [-0.2, -0.15) is 0 Å². The highest BCUT2D eigenvalue weighted by Gasteiger charge is 2.19. The van der Waals surface area contributed by atoms with Crippen LogP contribution in [0.1, 0.15) is 18.5 Å². The summed E-state index contributed by atoms with van der Waals surface area (Å²) in [5, 5.41) is 5.41. The Morgan fingerprint density at radius 2 is 2.53 bits per heavy atom. The number of thiophene rings is 1. The minimum absolute atomic E-state index is 0.609. The fourth-order valence-electron chi connectivity index (χ4n) is 2.56. The van der Waals surface area contributed by atoms with E-state index in [2.05, 4.69) is 15.2 Å². The van der Waals surface area contributed by atoms with E-state index in [4.69, 9.17) is 4.42 Å². The second-order valence-electron chi connectivity index (χ2n) is 4.98. The highest BCUT2D eigenvalue weighted by molar-refractivity contribution is 7.13. The third-order valence-electron chi connectivity index (χ3n) is 3.58. The zero-order valence-electron chi connectivity index (χ0n) is 11.1. The van der Waals surface area contributed by atoms with E-state index in [0.29, 0.717) is 6.04 Å². The molecule has 0 saturated carbocycles. The molecule has 1 saturated heterocycles. The van der Waals surface area contributed by atoms with E-state index in [9.17, 15) is 0 Å². The second-order valence-corrected chi connectivity index (χ2v) is 5.93. The Balaban J connectivity index is 1.64. The molecule has 3 rings (SSSR count). The molecule has 19 heavy (non-hydrogen) atoms. The predicted octanol–water partition coefficient (Wildman–Crippen LogP) is 2.59. The van der Waals surface area contributed by atoms with Crippen LogP contribution in [0.4, 0.5) is 0 Å². The first-order chi connectivity index (χ1) is 9.35. The van der Waals surface area contributed by atoms with E-state index >= 15 is 0 Å². The number of rotatable bonds is 4. The molecular weight excluding hydrogens is 258 g/mol. The zero-order chi connectivity index (χ0) is 13.1. The van der Waals surface area contributed by atoms with Crippen LogP contribution in [0.5, 0.6) is 0 Å². The van der Waals surface area contributed by atoms with Gasteiger partial charge in [0.25, 0.3) is 0 Å². The van der Waals surface area contributed by atoms with Gasteiger partial charge in [0, 0.05) is 19.1 Å². The average Bonchev–Trinajstić information content (AvgIpc) is 3.09. The molecule has 1 aliphatic rings. The Morgan fingerprint density at radius 1 is 1.58 bits per heavy atom. The summed E-state index contributed by atoms with van der Waals surface area (Å²) in [6, 6.07) is 4.67. The molecule has 4 nitrogen and oxygen atoms in total. The fourth-order valence-corrected chi connectivity index (χ4v) is 3.21. The molecule has 1 atom stereocenters. The lowest BCUT2D eigenvalue weighted by Gasteiger charge is -2.31. The van der Waals surface area contributed by atoms with Crippen LogP contribution in [0.2, 0.25) is 0 Å². The third-order valence-corrected chi connectivity index (χ3v) is 4.44. The molecule has 0 bridgehead atoms. The molecule has 2 aromatic heterocycles. The highest BCUT2D eigenvalue weighted by atomic mass is 32.1. The molecule has 0 radical (unpaired) electrons. The van der Waals surface area contributed by atoms with Gasteiger partial charge in [0.15, 0.2) is 0 Å². The van der Waals surface area contributed by atoms with E-state index in [1.165, 1.54) is 12.8 Å². The van der Waals surface area contributed by atoms with Crippen LogP contribution in [-0.4, -0.2) is 36.1 Å². The summed E-state index contributed by atoms with van der Waals surface area (Å²) in [5.74, 6) is 0.743. The summed E-state index contributed by atoms with van der Waals surface area (Å²) >= 11 is 1.66. The zero-order valence-corrected chi connectivity index (χ0v) is 11.9. The van der Waals surface area contributed by atoms with Crippen molar-refractivity contribution in [3.63, 3.8) is 0 Å². The lowest BCUT2D eigenvalue weighted by atomic mass is 10.1. The standard InChI is InChI=1S/C14H19N3OS/c1-15-11-4-2-6-17(8-11)9-12-10-18-14(16-12)13-5-3-7-19-13/h3,5,7,10-11,15H,2,4,6,8-9H2,1H3. The van der Waals surface area contributed by atoms with Crippen molar-refractivity contribution in [2.45, 2.75) is 25.4 Å². The number of oxazole rings is 1. The number of likely N-dealkylation sites (tertiary alicyclic amines) is 1. The van der Waals surface area contributed by atoms with Crippen molar-refractivity contribution in [1.82, 2.24) is 15.2 Å². The number of hydrogen-bond acceptors (Lipinski definition) is 5. The van der Waals surface area contributed by atoms with Crippen molar-refractivity contribution in [3.8, 4) is 10.8 Å². The molecule has 0 spiro atoms. The van der Waals surface area contributed by atoms with Gasteiger partial charge in [-0.1, -0.05) is 6.07 Å². The number of nitrogens with one attached hydrogen (secondary N) is 1. The highest BCUT2D eigenvalue weighted by Crippen LogP contribution is 2.24. The van der Waals surface area contributed by atoms with Gasteiger partial charge in [-0.3, -0.25) is 4.90 Å². The van der Waals surface area contributed by atoms with Crippen LogP contribution in [0.25, 0.3) is 10.8 Å². The van der Waals surface area contributed by atoms with Gasteiger partial charge < -0.3 is 9.73 Å². The van der Waals surface area contributed by atoms with E-state index in [1.807, 2.05) is 24.6 Å². The molecule has 1 N–H and O–H groups in total. The molecule has 5 heteroatoms. The van der Waals surface area contributed by atoms with Crippen molar-refractivity contribution in [2.75, 3.05) is 20.1 Å². The Kier molecular flexibility index (Phi) is 3.96. The van der Waals surface area contributed by atoms with Crippen molar-refractivity contribution >= 4 is 11.3 Å². The van der Waals surface area contributed by atoms with Crippen LogP contribution in [0.3, 0.4) is 0 Å². The minimum atomic E-state index is 0.609. The van der Waals surface area contributed by atoms with Gasteiger partial charge in [0.2, 0.25) is 5.89 Å². The maximum atomic E-state index is 5.56. The van der Waals surface area contributed by atoms with Crippen molar-refractivity contribution in [3.05, 3.63) is 29.5 Å². The molecule has 0 aliphatic carbocycles. The van der Waals surface area contributed by atoms with Crippen LogP contribution >= 0.6 is 11.3 Å². The number of likely N-dealkylation sites (N-methyl/N-ethyl adjacent to an activating group) is 1. The Bertz CT molecular complexity index is 509. The molecule has 1 aliphatic heterocycles. The van der Waals surface area contributed by atoms with Crippen molar-refractivity contribution < 1.29 is 4.42 Å². The summed E-state index contributed by atoms with van der Waals surface area (Å²) in [6.45, 7) is 3.13. The lowest BCUT2D eigenvalue weighted by Crippen LogP contribution is -2.43. The first-order valence-electron chi connectivity index (χ1n) is 6.73. The van der Waals surface area contributed by atoms with Gasteiger partial charge in [0.05, 0.1) is 10.6 Å². The molecule has 102 valence electrons. The average molecular weight is 277 g/mol. The molecule has 0 aromatic carbocycles. The van der Waals surface area contributed by atoms with Crippen LogP contribution in [0, 0.1) is 0 Å². The molecule has 1 unspecified atom stereocenters. The summed E-state index contributed by atoms with van der Waals surface area (Å²) in [4.78, 5) is 8.12. The van der Waals surface area contributed by atoms with E-state index in [-0.39, 0.29) is 0 Å². The summed E-state index contributed by atoms with van der Waals surface area (Å²) in [7, 11) is 2.04. The third kappa shape index (κ3) is 3.05. The van der Waals surface area contributed by atoms with Crippen LogP contribution < -0.4 is 5.32 Å². The van der Waals surface area contributed by atoms with Gasteiger partial charge in [-0.05, 0) is 37.9 Å². The largest absolute Gasteiger partial charge is 0.444 e. The van der Waals surface area contributed by atoms with Gasteiger partial charge >= 0.3 is 0 Å². The number of aromatic nitrogens is 1. The van der Waals surface area contributed by atoms with Crippen molar-refractivity contribution in [2.24, 2.45) is 0 Å². The van der Waals surface area contributed by atoms with Gasteiger partial charge in [0.1, 0.15) is 6.26 Å².